The van der Waals surface area contributed by atoms with Crippen LogP contribution < -0.4 is 10.6 Å². The molecular formula is C12H21N3O. The number of ether oxygens (including phenoxy) is 1. The van der Waals surface area contributed by atoms with Gasteiger partial charge in [-0.2, -0.15) is 0 Å². The minimum absolute atomic E-state index is 0.713. The first-order chi connectivity index (χ1) is 7.86. The van der Waals surface area contributed by atoms with E-state index in [1.165, 1.54) is 0 Å². The van der Waals surface area contributed by atoms with Crippen molar-refractivity contribution in [2.24, 2.45) is 0 Å². The van der Waals surface area contributed by atoms with Gasteiger partial charge >= 0.3 is 0 Å². The lowest BCUT2D eigenvalue weighted by atomic mass is 10.4. The maximum Gasteiger partial charge on any atom is 0.128 e. The van der Waals surface area contributed by atoms with Crippen LogP contribution in [0.25, 0.3) is 0 Å². The Morgan fingerprint density at radius 1 is 1.12 bits per heavy atom. The second-order valence-electron chi connectivity index (χ2n) is 3.46. The van der Waals surface area contributed by atoms with Crippen LogP contribution in [0.4, 0.5) is 11.6 Å². The maximum atomic E-state index is 5.24. The summed E-state index contributed by atoms with van der Waals surface area (Å²) in [5.41, 5.74) is 0. The molecule has 1 heterocycles. The van der Waals surface area contributed by atoms with E-state index in [0.717, 1.165) is 37.8 Å². The summed E-state index contributed by atoms with van der Waals surface area (Å²) in [4.78, 5) is 4.43. The van der Waals surface area contributed by atoms with Crippen LogP contribution in [0.1, 0.15) is 20.3 Å². The molecule has 0 aliphatic heterocycles. The number of pyridine rings is 1. The molecule has 4 heteroatoms. The van der Waals surface area contributed by atoms with E-state index in [1.54, 1.807) is 0 Å². The van der Waals surface area contributed by atoms with Gasteiger partial charge in [0, 0.05) is 19.7 Å². The van der Waals surface area contributed by atoms with E-state index in [-0.39, 0.29) is 0 Å². The molecule has 1 aromatic heterocycles. The monoisotopic (exact) mass is 223 g/mol. The zero-order valence-electron chi connectivity index (χ0n) is 10.1. The van der Waals surface area contributed by atoms with Crippen LogP contribution in [-0.2, 0) is 4.74 Å². The molecule has 0 fully saturated rings. The number of rotatable bonds is 8. The first-order valence-electron chi connectivity index (χ1n) is 5.89. The molecule has 0 saturated heterocycles. The summed E-state index contributed by atoms with van der Waals surface area (Å²) >= 11 is 0. The Morgan fingerprint density at radius 3 is 2.44 bits per heavy atom. The normalized spacial score (nSPS) is 10.1. The smallest absolute Gasteiger partial charge is 0.128 e. The number of hydrogen-bond acceptors (Lipinski definition) is 4. The summed E-state index contributed by atoms with van der Waals surface area (Å²) in [5.74, 6) is 1.81. The highest BCUT2D eigenvalue weighted by Gasteiger charge is 1.95. The topological polar surface area (TPSA) is 46.2 Å². The Morgan fingerprint density at radius 2 is 1.81 bits per heavy atom. The van der Waals surface area contributed by atoms with Crippen molar-refractivity contribution in [3.8, 4) is 0 Å². The summed E-state index contributed by atoms with van der Waals surface area (Å²) in [7, 11) is 0. The van der Waals surface area contributed by atoms with Crippen LogP contribution in [-0.4, -0.2) is 31.3 Å². The lowest BCUT2D eigenvalue weighted by Crippen LogP contribution is -2.11. The van der Waals surface area contributed by atoms with E-state index in [9.17, 15) is 0 Å². The third-order valence-corrected chi connectivity index (χ3v) is 2.06. The van der Waals surface area contributed by atoms with Gasteiger partial charge in [0.1, 0.15) is 11.6 Å². The summed E-state index contributed by atoms with van der Waals surface area (Å²) in [6.45, 7) is 7.34. The highest BCUT2D eigenvalue weighted by molar-refractivity contribution is 5.44. The fraction of sp³-hybridized carbons (Fsp3) is 0.583. The van der Waals surface area contributed by atoms with Crippen molar-refractivity contribution in [1.82, 2.24) is 4.98 Å². The van der Waals surface area contributed by atoms with Crippen molar-refractivity contribution < 1.29 is 4.74 Å². The molecule has 4 nitrogen and oxygen atoms in total. The molecule has 0 atom stereocenters. The molecule has 0 saturated carbocycles. The molecular weight excluding hydrogens is 202 g/mol. The quantitative estimate of drug-likeness (QED) is 0.664. The van der Waals surface area contributed by atoms with Gasteiger partial charge in [-0.15, -0.1) is 0 Å². The van der Waals surface area contributed by atoms with E-state index in [0.29, 0.717) is 6.61 Å². The van der Waals surface area contributed by atoms with Gasteiger partial charge < -0.3 is 15.4 Å². The van der Waals surface area contributed by atoms with Crippen LogP contribution in [0.3, 0.4) is 0 Å². The van der Waals surface area contributed by atoms with Gasteiger partial charge in [-0.25, -0.2) is 4.98 Å². The van der Waals surface area contributed by atoms with Crippen molar-refractivity contribution >= 4 is 11.6 Å². The van der Waals surface area contributed by atoms with E-state index in [1.807, 2.05) is 25.1 Å². The molecule has 0 aliphatic carbocycles. The van der Waals surface area contributed by atoms with Gasteiger partial charge in [0.05, 0.1) is 6.61 Å². The molecule has 0 spiro atoms. The Balaban J connectivity index is 2.35. The van der Waals surface area contributed by atoms with E-state index in [2.05, 4.69) is 22.5 Å². The fourth-order valence-corrected chi connectivity index (χ4v) is 1.28. The summed E-state index contributed by atoms with van der Waals surface area (Å²) in [6, 6.07) is 5.93. The van der Waals surface area contributed by atoms with Gasteiger partial charge in [0.2, 0.25) is 0 Å². The largest absolute Gasteiger partial charge is 0.380 e. The minimum Gasteiger partial charge on any atom is -0.380 e. The van der Waals surface area contributed by atoms with Gasteiger partial charge in [-0.05, 0) is 25.5 Å². The lowest BCUT2D eigenvalue weighted by Gasteiger charge is -2.08. The van der Waals surface area contributed by atoms with E-state index in [4.69, 9.17) is 4.74 Å². The first-order valence-corrected chi connectivity index (χ1v) is 5.89. The van der Waals surface area contributed by atoms with Crippen LogP contribution in [0.2, 0.25) is 0 Å². The molecule has 0 unspecified atom stereocenters. The highest BCUT2D eigenvalue weighted by atomic mass is 16.5. The van der Waals surface area contributed by atoms with Crippen molar-refractivity contribution in [3.63, 3.8) is 0 Å². The first kappa shape index (κ1) is 12.8. The van der Waals surface area contributed by atoms with Crippen molar-refractivity contribution in [2.45, 2.75) is 20.3 Å². The molecule has 0 bridgehead atoms. The molecule has 1 rings (SSSR count). The zero-order chi connectivity index (χ0) is 11.6. The second kappa shape index (κ2) is 7.93. The number of aromatic nitrogens is 1. The number of nitrogens with one attached hydrogen (secondary N) is 2. The molecule has 0 aliphatic rings. The molecule has 90 valence electrons. The molecule has 0 amide bonds. The number of nitrogens with zero attached hydrogens (tertiary/aromatic N) is 1. The number of anilines is 2. The Hall–Kier alpha value is -1.29. The predicted molar refractivity (Wildman–Crippen MR) is 68.0 cm³/mol. The molecule has 0 aromatic carbocycles. The standard InChI is InChI=1S/C12H21N3O/c1-3-8-13-11-6-5-7-12(15-11)14-9-10-16-4-2/h5-7H,3-4,8-10H2,1-2H3,(H2,13,14,15). The van der Waals surface area contributed by atoms with Crippen LogP contribution >= 0.6 is 0 Å². The van der Waals surface area contributed by atoms with Crippen LogP contribution in [0, 0.1) is 0 Å². The summed E-state index contributed by atoms with van der Waals surface area (Å²) in [6.07, 6.45) is 1.10. The molecule has 1 aromatic rings. The van der Waals surface area contributed by atoms with Gasteiger partial charge in [-0.1, -0.05) is 13.0 Å². The van der Waals surface area contributed by atoms with Crippen molar-refractivity contribution in [2.75, 3.05) is 36.9 Å². The van der Waals surface area contributed by atoms with Gasteiger partial charge in [0.25, 0.3) is 0 Å². The third kappa shape index (κ3) is 4.98. The SMILES string of the molecule is CCCNc1cccc(NCCOCC)n1. The Labute approximate surface area is 97.4 Å². The Bertz CT molecular complexity index is 291. The van der Waals surface area contributed by atoms with Gasteiger partial charge in [0.15, 0.2) is 0 Å². The van der Waals surface area contributed by atoms with Crippen LogP contribution in [0.5, 0.6) is 0 Å². The summed E-state index contributed by atoms with van der Waals surface area (Å²) < 4.78 is 5.24. The van der Waals surface area contributed by atoms with E-state index < -0.39 is 0 Å². The fourth-order valence-electron chi connectivity index (χ4n) is 1.28. The molecule has 0 radical (unpaired) electrons. The average molecular weight is 223 g/mol. The lowest BCUT2D eigenvalue weighted by molar-refractivity contribution is 0.158. The van der Waals surface area contributed by atoms with Crippen molar-refractivity contribution in [3.05, 3.63) is 18.2 Å². The third-order valence-electron chi connectivity index (χ3n) is 2.06. The number of hydrogen-bond donors (Lipinski definition) is 2. The minimum atomic E-state index is 0.713. The summed E-state index contributed by atoms with van der Waals surface area (Å²) in [5, 5.41) is 6.47. The Kier molecular flexibility index (Phi) is 6.33. The highest BCUT2D eigenvalue weighted by Crippen LogP contribution is 2.08. The molecule has 2 N–H and O–H groups in total. The van der Waals surface area contributed by atoms with E-state index >= 15 is 0 Å². The predicted octanol–water partition coefficient (Wildman–Crippen LogP) is 2.35. The average Bonchev–Trinajstić information content (AvgIpc) is 2.33. The molecule has 16 heavy (non-hydrogen) atoms. The van der Waals surface area contributed by atoms with Crippen molar-refractivity contribution in [1.29, 1.82) is 0 Å². The second-order valence-corrected chi connectivity index (χ2v) is 3.46. The van der Waals surface area contributed by atoms with Crippen LogP contribution in [0.15, 0.2) is 18.2 Å². The van der Waals surface area contributed by atoms with Gasteiger partial charge in [-0.3, -0.25) is 0 Å². The zero-order valence-corrected chi connectivity index (χ0v) is 10.1. The maximum absolute atomic E-state index is 5.24.